The summed E-state index contributed by atoms with van der Waals surface area (Å²) in [6.45, 7) is 13.2. The fourth-order valence-electron chi connectivity index (χ4n) is 4.13. The van der Waals surface area contributed by atoms with Gasteiger partial charge in [-0.1, -0.05) is 17.3 Å². The van der Waals surface area contributed by atoms with Crippen LogP contribution in [0, 0.1) is 0 Å². The highest BCUT2D eigenvalue weighted by molar-refractivity contribution is 5.56. The number of hydrogen-bond acceptors (Lipinski definition) is 8. The quantitative estimate of drug-likeness (QED) is 0.680. The van der Waals surface area contributed by atoms with Gasteiger partial charge >= 0.3 is 0 Å². The van der Waals surface area contributed by atoms with Crippen molar-refractivity contribution in [1.29, 1.82) is 0 Å². The number of methoxy groups -OCH3 is 1. The zero-order valence-electron chi connectivity index (χ0n) is 18.3. The summed E-state index contributed by atoms with van der Waals surface area (Å²) in [7, 11) is 1.65. The van der Waals surface area contributed by atoms with E-state index in [4.69, 9.17) is 14.0 Å². The summed E-state index contributed by atoms with van der Waals surface area (Å²) in [6, 6.07) is 8.30. The van der Waals surface area contributed by atoms with Crippen molar-refractivity contribution in [3.8, 4) is 17.1 Å². The summed E-state index contributed by atoms with van der Waals surface area (Å²) in [5.74, 6) is 2.05. The number of hydrogen-bond donors (Lipinski definition) is 0. The molecule has 0 aliphatic carbocycles. The fraction of sp³-hybridized carbons (Fsp3) is 0.636. The third-order valence-corrected chi connectivity index (χ3v) is 5.98. The molecule has 0 bridgehead atoms. The molecule has 8 heteroatoms. The summed E-state index contributed by atoms with van der Waals surface area (Å²) in [5, 5.41) is 4.14. The summed E-state index contributed by atoms with van der Waals surface area (Å²) in [5.41, 5.74) is 0.900. The molecule has 1 aromatic carbocycles. The minimum atomic E-state index is 0.314. The van der Waals surface area contributed by atoms with Crippen LogP contribution in [0.4, 0.5) is 0 Å². The Morgan fingerprint density at radius 2 is 1.93 bits per heavy atom. The number of ether oxygens (including phenoxy) is 2. The van der Waals surface area contributed by atoms with Crippen molar-refractivity contribution in [3.63, 3.8) is 0 Å². The minimum absolute atomic E-state index is 0.314. The first-order chi connectivity index (χ1) is 14.6. The molecule has 0 spiro atoms. The van der Waals surface area contributed by atoms with E-state index in [-0.39, 0.29) is 0 Å². The highest BCUT2D eigenvalue weighted by atomic mass is 16.5. The van der Waals surface area contributed by atoms with Crippen LogP contribution < -0.4 is 4.74 Å². The average Bonchev–Trinajstić information content (AvgIpc) is 3.24. The molecular formula is C22H33N5O3. The first-order valence-corrected chi connectivity index (χ1v) is 10.9. The van der Waals surface area contributed by atoms with Gasteiger partial charge in [-0.3, -0.25) is 14.7 Å². The van der Waals surface area contributed by atoms with E-state index in [1.807, 2.05) is 24.3 Å². The maximum Gasteiger partial charge on any atom is 0.241 e. The standard InChI is InChI=1S/C22H33N5O3/c1-17(2)27-11-12-29-20(15-27)14-25-7-9-26(10-8-25)16-21-23-22(24-30-21)18-5-4-6-19(13-18)28-3/h4-6,13,17,20H,7-12,14-16H2,1-3H3. The van der Waals surface area contributed by atoms with Crippen molar-refractivity contribution < 1.29 is 14.0 Å². The molecule has 4 rings (SSSR count). The van der Waals surface area contributed by atoms with Gasteiger partial charge in [-0.15, -0.1) is 0 Å². The Hall–Kier alpha value is -2.00. The zero-order valence-corrected chi connectivity index (χ0v) is 18.3. The maximum atomic E-state index is 6.01. The first-order valence-electron chi connectivity index (χ1n) is 10.9. The van der Waals surface area contributed by atoms with E-state index in [0.29, 0.717) is 30.4 Å². The molecule has 30 heavy (non-hydrogen) atoms. The van der Waals surface area contributed by atoms with Crippen LogP contribution in [0.1, 0.15) is 19.7 Å². The third-order valence-electron chi connectivity index (χ3n) is 5.98. The lowest BCUT2D eigenvalue weighted by Crippen LogP contribution is -2.53. The molecule has 1 unspecified atom stereocenters. The molecule has 2 aromatic rings. The third kappa shape index (κ3) is 5.37. The van der Waals surface area contributed by atoms with Gasteiger partial charge in [-0.2, -0.15) is 4.98 Å². The number of aromatic nitrogens is 2. The smallest absolute Gasteiger partial charge is 0.241 e. The van der Waals surface area contributed by atoms with E-state index in [0.717, 1.165) is 63.7 Å². The van der Waals surface area contributed by atoms with Crippen molar-refractivity contribution >= 4 is 0 Å². The molecule has 0 amide bonds. The Bertz CT molecular complexity index is 804. The predicted octanol–water partition coefficient (Wildman–Crippen LogP) is 1.97. The highest BCUT2D eigenvalue weighted by Gasteiger charge is 2.26. The summed E-state index contributed by atoms with van der Waals surface area (Å²) in [6.07, 6.45) is 0.314. The lowest BCUT2D eigenvalue weighted by molar-refractivity contribution is -0.0567. The van der Waals surface area contributed by atoms with Gasteiger partial charge < -0.3 is 14.0 Å². The molecule has 8 nitrogen and oxygen atoms in total. The van der Waals surface area contributed by atoms with E-state index in [9.17, 15) is 0 Å². The van der Waals surface area contributed by atoms with E-state index in [1.165, 1.54) is 0 Å². The number of nitrogens with zero attached hydrogens (tertiary/aromatic N) is 5. The zero-order chi connectivity index (χ0) is 20.9. The molecule has 2 aliphatic rings. The van der Waals surface area contributed by atoms with Crippen LogP contribution >= 0.6 is 0 Å². The van der Waals surface area contributed by atoms with Gasteiger partial charge in [0.1, 0.15) is 5.75 Å². The van der Waals surface area contributed by atoms with Gasteiger partial charge in [0.05, 0.1) is 26.4 Å². The molecule has 1 aromatic heterocycles. The molecule has 2 aliphatic heterocycles. The van der Waals surface area contributed by atoms with Crippen LogP contribution in [0.5, 0.6) is 5.75 Å². The van der Waals surface area contributed by atoms with E-state index in [1.54, 1.807) is 7.11 Å². The van der Waals surface area contributed by atoms with Gasteiger partial charge in [0, 0.05) is 57.4 Å². The lowest BCUT2D eigenvalue weighted by atomic mass is 10.2. The fourth-order valence-corrected chi connectivity index (χ4v) is 4.13. The summed E-state index contributed by atoms with van der Waals surface area (Å²) < 4.78 is 16.8. The summed E-state index contributed by atoms with van der Waals surface area (Å²) >= 11 is 0. The minimum Gasteiger partial charge on any atom is -0.497 e. The predicted molar refractivity (Wildman–Crippen MR) is 114 cm³/mol. The van der Waals surface area contributed by atoms with Crippen molar-refractivity contribution in [2.75, 3.05) is 59.5 Å². The maximum absolute atomic E-state index is 6.01. The molecule has 3 heterocycles. The van der Waals surface area contributed by atoms with Crippen LogP contribution in [0.25, 0.3) is 11.4 Å². The van der Waals surface area contributed by atoms with Crippen molar-refractivity contribution in [2.45, 2.75) is 32.5 Å². The molecule has 0 saturated carbocycles. The van der Waals surface area contributed by atoms with Crippen LogP contribution in [-0.4, -0.2) is 96.5 Å². The largest absolute Gasteiger partial charge is 0.497 e. The van der Waals surface area contributed by atoms with Crippen molar-refractivity contribution in [2.24, 2.45) is 0 Å². The molecular weight excluding hydrogens is 382 g/mol. The van der Waals surface area contributed by atoms with E-state index in [2.05, 4.69) is 38.7 Å². The van der Waals surface area contributed by atoms with Crippen LogP contribution in [0.3, 0.4) is 0 Å². The van der Waals surface area contributed by atoms with E-state index >= 15 is 0 Å². The Morgan fingerprint density at radius 1 is 1.13 bits per heavy atom. The number of piperazine rings is 1. The van der Waals surface area contributed by atoms with Gasteiger partial charge in [-0.25, -0.2) is 0 Å². The van der Waals surface area contributed by atoms with Crippen LogP contribution in [0.2, 0.25) is 0 Å². The first kappa shape index (κ1) is 21.2. The molecule has 164 valence electrons. The lowest BCUT2D eigenvalue weighted by Gasteiger charge is -2.40. The van der Waals surface area contributed by atoms with E-state index < -0.39 is 0 Å². The van der Waals surface area contributed by atoms with Crippen LogP contribution in [0.15, 0.2) is 28.8 Å². The van der Waals surface area contributed by atoms with Gasteiger partial charge in [0.2, 0.25) is 11.7 Å². The monoisotopic (exact) mass is 415 g/mol. The average molecular weight is 416 g/mol. The van der Waals surface area contributed by atoms with Gasteiger partial charge in [0.25, 0.3) is 0 Å². The Balaban J connectivity index is 1.25. The number of rotatable bonds is 7. The number of morpholine rings is 1. The topological polar surface area (TPSA) is 67.1 Å². The Morgan fingerprint density at radius 3 is 2.70 bits per heavy atom. The SMILES string of the molecule is COc1cccc(-c2noc(CN3CCN(CC4CN(C(C)C)CCO4)CC3)n2)c1. The van der Waals surface area contributed by atoms with Gasteiger partial charge in [-0.05, 0) is 26.0 Å². The Labute approximate surface area is 178 Å². The second-order valence-electron chi connectivity index (χ2n) is 8.40. The molecule has 0 radical (unpaired) electrons. The second kappa shape index (κ2) is 9.87. The molecule has 2 fully saturated rings. The molecule has 2 saturated heterocycles. The molecule has 0 N–H and O–H groups in total. The van der Waals surface area contributed by atoms with Crippen molar-refractivity contribution in [1.82, 2.24) is 24.8 Å². The van der Waals surface area contributed by atoms with Crippen LogP contribution in [-0.2, 0) is 11.3 Å². The second-order valence-corrected chi connectivity index (χ2v) is 8.40. The van der Waals surface area contributed by atoms with Gasteiger partial charge in [0.15, 0.2) is 0 Å². The number of benzene rings is 1. The Kier molecular flexibility index (Phi) is 6.99. The summed E-state index contributed by atoms with van der Waals surface area (Å²) in [4.78, 5) is 12.0. The highest BCUT2D eigenvalue weighted by Crippen LogP contribution is 2.21. The molecule has 1 atom stereocenters. The normalized spacial score (nSPS) is 21.9. The van der Waals surface area contributed by atoms with Crippen molar-refractivity contribution in [3.05, 3.63) is 30.2 Å².